The van der Waals surface area contributed by atoms with Crippen molar-refractivity contribution < 1.29 is 13.5 Å². The Hall–Kier alpha value is -1.22. The molecule has 1 aromatic heterocycles. The quantitative estimate of drug-likeness (QED) is 0.823. The first-order valence-corrected chi connectivity index (χ1v) is 4.32. The Bertz CT molecular complexity index is 390. The van der Waals surface area contributed by atoms with Crippen LogP contribution in [0.4, 0.5) is 8.78 Å². The Balaban J connectivity index is 3.32. The smallest absolute Gasteiger partial charge is 0.281 e. The van der Waals surface area contributed by atoms with Gasteiger partial charge in [0.15, 0.2) is 11.4 Å². The molecule has 0 aliphatic heterocycles. The van der Waals surface area contributed by atoms with Crippen molar-refractivity contribution in [1.82, 2.24) is 4.98 Å². The number of hydrogen-bond acceptors (Lipinski definition) is 3. The average molecular weight is 263 g/mol. The van der Waals surface area contributed by atoms with Gasteiger partial charge >= 0.3 is 0 Å². The minimum Gasteiger partial charge on any atom is -0.494 e. The van der Waals surface area contributed by atoms with Gasteiger partial charge in [-0.1, -0.05) is 0 Å². The molecule has 0 aliphatic rings. The van der Waals surface area contributed by atoms with Crippen molar-refractivity contribution >= 4 is 15.9 Å². The van der Waals surface area contributed by atoms with E-state index in [1.165, 1.54) is 13.2 Å². The zero-order valence-corrected chi connectivity index (χ0v) is 8.68. The summed E-state index contributed by atoms with van der Waals surface area (Å²) in [4.78, 5) is 3.48. The first-order valence-electron chi connectivity index (χ1n) is 3.52. The molecule has 0 unspecified atom stereocenters. The maximum atomic E-state index is 12.3. The molecule has 0 saturated carbocycles. The summed E-state index contributed by atoms with van der Waals surface area (Å²) in [6, 6.07) is 2.98. The van der Waals surface area contributed by atoms with Crippen molar-refractivity contribution in [3.63, 3.8) is 0 Å². The summed E-state index contributed by atoms with van der Waals surface area (Å²) in [5.74, 6) is 0.170. The summed E-state index contributed by atoms with van der Waals surface area (Å²) in [5, 5.41) is 8.59. The summed E-state index contributed by atoms with van der Waals surface area (Å²) in [5.41, 5.74) is -0.603. The fourth-order valence-corrected chi connectivity index (χ4v) is 1.34. The normalized spacial score (nSPS) is 10.0. The van der Waals surface area contributed by atoms with E-state index >= 15 is 0 Å². The molecule has 0 bridgehead atoms. The second kappa shape index (κ2) is 4.33. The Morgan fingerprint density at radius 2 is 2.29 bits per heavy atom. The van der Waals surface area contributed by atoms with Gasteiger partial charge in [0.25, 0.3) is 6.43 Å². The van der Waals surface area contributed by atoms with Crippen molar-refractivity contribution in [2.45, 2.75) is 6.43 Å². The maximum Gasteiger partial charge on any atom is 0.281 e. The van der Waals surface area contributed by atoms with Crippen LogP contribution in [0.5, 0.6) is 5.75 Å². The molecule has 0 aromatic carbocycles. The summed E-state index contributed by atoms with van der Waals surface area (Å²) in [7, 11) is 1.34. The maximum absolute atomic E-state index is 12.3. The first kappa shape index (κ1) is 10.9. The van der Waals surface area contributed by atoms with Gasteiger partial charge in [-0.25, -0.2) is 13.8 Å². The van der Waals surface area contributed by atoms with E-state index in [0.717, 1.165) is 0 Å². The molecule has 0 N–H and O–H groups in total. The van der Waals surface area contributed by atoms with Crippen molar-refractivity contribution in [2.24, 2.45) is 0 Å². The van der Waals surface area contributed by atoms with E-state index in [1.54, 1.807) is 6.07 Å². The van der Waals surface area contributed by atoms with Crippen molar-refractivity contribution in [3.8, 4) is 11.8 Å². The van der Waals surface area contributed by atoms with Crippen molar-refractivity contribution in [1.29, 1.82) is 5.26 Å². The summed E-state index contributed by atoms with van der Waals surface area (Å²) < 4.78 is 29.6. The van der Waals surface area contributed by atoms with Gasteiger partial charge < -0.3 is 4.74 Å². The van der Waals surface area contributed by atoms with Crippen LogP contribution in [0.2, 0.25) is 0 Å². The van der Waals surface area contributed by atoms with Crippen molar-refractivity contribution in [3.05, 3.63) is 21.9 Å². The standard InChI is InChI=1S/C8H5BrF2N2O/c1-14-6-2-4(9)7(8(10)11)13-5(6)3-12/h2,8H,1H3. The molecular formula is C8H5BrF2N2O. The van der Waals surface area contributed by atoms with Gasteiger partial charge in [0.2, 0.25) is 0 Å². The van der Waals surface area contributed by atoms with Crippen LogP contribution in [0, 0.1) is 11.3 Å². The molecule has 1 rings (SSSR count). The van der Waals surface area contributed by atoms with Gasteiger partial charge in [-0.2, -0.15) is 5.26 Å². The molecule has 14 heavy (non-hydrogen) atoms. The number of pyridine rings is 1. The van der Waals surface area contributed by atoms with Gasteiger partial charge in [-0.15, -0.1) is 0 Å². The second-order valence-electron chi connectivity index (χ2n) is 2.32. The Morgan fingerprint density at radius 3 is 2.71 bits per heavy atom. The number of ether oxygens (including phenoxy) is 1. The number of halogens is 3. The third kappa shape index (κ3) is 1.99. The molecule has 6 heteroatoms. The van der Waals surface area contributed by atoms with Crippen LogP contribution in [0.3, 0.4) is 0 Å². The van der Waals surface area contributed by atoms with Gasteiger partial charge in [-0.05, 0) is 22.0 Å². The zero-order valence-electron chi connectivity index (χ0n) is 7.09. The lowest BCUT2D eigenvalue weighted by molar-refractivity contribution is 0.145. The van der Waals surface area contributed by atoms with Crippen LogP contribution in [0.25, 0.3) is 0 Å². The van der Waals surface area contributed by atoms with Gasteiger partial charge in [0.05, 0.1) is 7.11 Å². The predicted octanol–water partition coefficient (Wildman–Crippen LogP) is 2.66. The first-order chi connectivity index (χ1) is 6.60. The van der Waals surface area contributed by atoms with Gasteiger partial charge in [-0.3, -0.25) is 0 Å². The molecule has 74 valence electrons. The highest BCUT2D eigenvalue weighted by Crippen LogP contribution is 2.30. The Labute approximate surface area is 87.5 Å². The topological polar surface area (TPSA) is 45.9 Å². The average Bonchev–Trinajstić information content (AvgIpc) is 2.16. The summed E-state index contributed by atoms with van der Waals surface area (Å²) in [6.45, 7) is 0. The number of nitriles is 1. The van der Waals surface area contributed by atoms with Crippen LogP contribution in [0.15, 0.2) is 10.5 Å². The lowest BCUT2D eigenvalue weighted by Gasteiger charge is -2.06. The minimum atomic E-state index is -2.72. The predicted molar refractivity (Wildman–Crippen MR) is 48.2 cm³/mol. The third-order valence-electron chi connectivity index (χ3n) is 1.50. The lowest BCUT2D eigenvalue weighted by atomic mass is 10.3. The van der Waals surface area contributed by atoms with E-state index in [4.69, 9.17) is 10.00 Å². The minimum absolute atomic E-state index is 0.128. The van der Waals surface area contributed by atoms with E-state index in [1.807, 2.05) is 0 Å². The number of nitrogens with zero attached hydrogens (tertiary/aromatic N) is 2. The molecular weight excluding hydrogens is 258 g/mol. The molecule has 0 radical (unpaired) electrons. The monoisotopic (exact) mass is 262 g/mol. The molecule has 0 atom stereocenters. The summed E-state index contributed by atoms with van der Waals surface area (Å²) >= 11 is 2.92. The highest BCUT2D eigenvalue weighted by Gasteiger charge is 2.17. The Kier molecular flexibility index (Phi) is 3.36. The SMILES string of the molecule is COc1cc(Br)c(C(F)F)nc1C#N. The molecule has 0 spiro atoms. The van der Waals surface area contributed by atoms with Gasteiger partial charge in [0.1, 0.15) is 11.8 Å². The molecule has 1 aromatic rings. The number of rotatable bonds is 2. The van der Waals surface area contributed by atoms with Crippen LogP contribution >= 0.6 is 15.9 Å². The number of alkyl halides is 2. The fourth-order valence-electron chi connectivity index (χ4n) is 0.875. The van der Waals surface area contributed by atoms with E-state index in [2.05, 4.69) is 20.9 Å². The molecule has 0 fully saturated rings. The molecule has 0 saturated heterocycles. The van der Waals surface area contributed by atoms with E-state index in [0.29, 0.717) is 0 Å². The third-order valence-corrected chi connectivity index (χ3v) is 2.14. The fraction of sp³-hybridized carbons (Fsp3) is 0.250. The Morgan fingerprint density at radius 1 is 1.64 bits per heavy atom. The van der Waals surface area contributed by atoms with Crippen LogP contribution in [-0.4, -0.2) is 12.1 Å². The highest BCUT2D eigenvalue weighted by atomic mass is 79.9. The lowest BCUT2D eigenvalue weighted by Crippen LogP contribution is -1.98. The van der Waals surface area contributed by atoms with Crippen LogP contribution in [-0.2, 0) is 0 Å². The highest BCUT2D eigenvalue weighted by molar-refractivity contribution is 9.10. The van der Waals surface area contributed by atoms with Crippen molar-refractivity contribution in [2.75, 3.05) is 7.11 Å². The molecule has 0 aliphatic carbocycles. The second-order valence-corrected chi connectivity index (χ2v) is 3.17. The van der Waals surface area contributed by atoms with E-state index < -0.39 is 12.1 Å². The summed E-state index contributed by atoms with van der Waals surface area (Å²) in [6.07, 6.45) is -2.72. The number of aromatic nitrogens is 1. The van der Waals surface area contributed by atoms with E-state index in [9.17, 15) is 8.78 Å². The number of hydrogen-bond donors (Lipinski definition) is 0. The molecule has 3 nitrogen and oxygen atoms in total. The molecule has 0 amide bonds. The van der Waals surface area contributed by atoms with Crippen LogP contribution in [0.1, 0.15) is 17.8 Å². The number of methoxy groups -OCH3 is 1. The van der Waals surface area contributed by atoms with Crippen LogP contribution < -0.4 is 4.74 Å². The zero-order chi connectivity index (χ0) is 10.7. The molecule has 1 heterocycles. The van der Waals surface area contributed by atoms with E-state index in [-0.39, 0.29) is 15.9 Å². The van der Waals surface area contributed by atoms with Gasteiger partial charge in [0, 0.05) is 4.47 Å². The largest absolute Gasteiger partial charge is 0.494 e.